The summed E-state index contributed by atoms with van der Waals surface area (Å²) in [5.74, 6) is 1.45. The van der Waals surface area contributed by atoms with Crippen LogP contribution in [0.1, 0.15) is 51.3 Å². The van der Waals surface area contributed by atoms with E-state index in [9.17, 15) is 8.42 Å². The van der Waals surface area contributed by atoms with Gasteiger partial charge in [0.1, 0.15) is 16.1 Å². The van der Waals surface area contributed by atoms with Crippen molar-refractivity contribution in [2.75, 3.05) is 5.73 Å². The number of primary sulfonamides is 1. The molecule has 2 aromatic heterocycles. The third-order valence-corrected chi connectivity index (χ3v) is 7.99. The van der Waals surface area contributed by atoms with Crippen LogP contribution in [-0.2, 0) is 23.0 Å². The molecule has 4 N–H and O–H groups in total. The third-order valence-electron chi connectivity index (χ3n) is 6.35. The van der Waals surface area contributed by atoms with E-state index in [0.29, 0.717) is 18.7 Å². The predicted octanol–water partition coefficient (Wildman–Crippen LogP) is 4.22. The van der Waals surface area contributed by atoms with Crippen molar-refractivity contribution < 1.29 is 8.42 Å². The zero-order valence-electron chi connectivity index (χ0n) is 18.5. The van der Waals surface area contributed by atoms with Gasteiger partial charge in [-0.3, -0.25) is 0 Å². The third kappa shape index (κ3) is 4.17. The Morgan fingerprint density at radius 1 is 1.12 bits per heavy atom. The van der Waals surface area contributed by atoms with Crippen LogP contribution in [-0.4, -0.2) is 27.7 Å². The summed E-state index contributed by atoms with van der Waals surface area (Å²) in [7, 11) is -3.69. The summed E-state index contributed by atoms with van der Waals surface area (Å²) in [4.78, 5) is 9.40. The molecule has 0 aliphatic heterocycles. The van der Waals surface area contributed by atoms with Crippen LogP contribution in [0, 0.1) is 0 Å². The molecule has 7 nitrogen and oxygen atoms in total. The standard InChI is InChI=1S/C24H31N5O2S/c1-2-3-13-20-28-21-22(18-11-5-6-12-19(18)27-23(21)25)29(20)17-10-9-16-24(32(26,30)31)14-7-4-8-15-24/h4-8,11-12,14H,2-3,9-10,13,15-17H2,1H3,(H2,25,27)(H2,26,30,31). The second-order valence-electron chi connectivity index (χ2n) is 8.55. The molecule has 0 spiro atoms. The number of hydrogen-bond donors (Lipinski definition) is 2. The molecule has 1 aliphatic carbocycles. The van der Waals surface area contributed by atoms with Crippen LogP contribution in [0.25, 0.3) is 21.9 Å². The van der Waals surface area contributed by atoms with Crippen LogP contribution in [0.2, 0.25) is 0 Å². The first-order valence-electron chi connectivity index (χ1n) is 11.3. The molecule has 32 heavy (non-hydrogen) atoms. The Bertz CT molecular complexity index is 1290. The van der Waals surface area contributed by atoms with E-state index in [1.807, 2.05) is 30.4 Å². The van der Waals surface area contributed by atoms with E-state index in [2.05, 4.69) is 22.5 Å². The van der Waals surface area contributed by atoms with Gasteiger partial charge in [-0.2, -0.15) is 0 Å². The van der Waals surface area contributed by atoms with Crippen molar-refractivity contribution in [1.29, 1.82) is 0 Å². The van der Waals surface area contributed by atoms with E-state index in [1.54, 1.807) is 12.2 Å². The summed E-state index contributed by atoms with van der Waals surface area (Å²) < 4.78 is 25.9. The fourth-order valence-electron chi connectivity index (χ4n) is 4.55. The number of fused-ring (bicyclic) bond motifs is 3. The lowest BCUT2D eigenvalue weighted by atomic mass is 9.93. The number of aryl methyl sites for hydroxylation is 2. The largest absolute Gasteiger partial charge is 0.382 e. The smallest absolute Gasteiger partial charge is 0.218 e. The summed E-state index contributed by atoms with van der Waals surface area (Å²) in [6.07, 6.45) is 12.7. The first-order valence-corrected chi connectivity index (χ1v) is 12.8. The minimum Gasteiger partial charge on any atom is -0.382 e. The number of aromatic nitrogens is 3. The predicted molar refractivity (Wildman–Crippen MR) is 131 cm³/mol. The minimum absolute atomic E-state index is 0.422. The maximum atomic E-state index is 12.3. The number of imidazole rings is 1. The molecular formula is C24H31N5O2S. The average Bonchev–Trinajstić information content (AvgIpc) is 3.14. The Kier molecular flexibility index (Phi) is 6.35. The average molecular weight is 454 g/mol. The SMILES string of the molecule is CCCCc1nc2c(N)nc3ccccc3c2n1CCCCC1(S(N)(=O)=O)C=CC=CC1. The van der Waals surface area contributed by atoms with Crippen molar-refractivity contribution in [3.05, 3.63) is 54.4 Å². The lowest BCUT2D eigenvalue weighted by molar-refractivity contribution is 0.497. The molecule has 1 aliphatic rings. The number of anilines is 1. The zero-order chi connectivity index (χ0) is 22.8. The van der Waals surface area contributed by atoms with Crippen LogP contribution < -0.4 is 10.9 Å². The second-order valence-corrected chi connectivity index (χ2v) is 10.5. The van der Waals surface area contributed by atoms with E-state index in [-0.39, 0.29) is 0 Å². The summed E-state index contributed by atoms with van der Waals surface area (Å²) in [6.45, 7) is 2.90. The maximum Gasteiger partial charge on any atom is 0.218 e. The van der Waals surface area contributed by atoms with E-state index >= 15 is 0 Å². The molecule has 0 bridgehead atoms. The van der Waals surface area contributed by atoms with Crippen molar-refractivity contribution >= 4 is 37.8 Å². The summed E-state index contributed by atoms with van der Waals surface area (Å²) in [5, 5.41) is 6.64. The van der Waals surface area contributed by atoms with Gasteiger partial charge in [0.15, 0.2) is 5.82 Å². The topological polar surface area (TPSA) is 117 Å². The summed E-state index contributed by atoms with van der Waals surface area (Å²) in [6, 6.07) is 7.98. The monoisotopic (exact) mass is 453 g/mol. The Balaban J connectivity index is 1.63. The first kappa shape index (κ1) is 22.5. The van der Waals surface area contributed by atoms with Gasteiger partial charge in [0.2, 0.25) is 10.0 Å². The number of nitrogens with two attached hydrogens (primary N) is 2. The van der Waals surface area contributed by atoms with E-state index < -0.39 is 14.8 Å². The van der Waals surface area contributed by atoms with Gasteiger partial charge >= 0.3 is 0 Å². The second kappa shape index (κ2) is 9.03. The summed E-state index contributed by atoms with van der Waals surface area (Å²) in [5.41, 5.74) is 8.88. The number of benzene rings is 1. The lowest BCUT2D eigenvalue weighted by Crippen LogP contribution is -2.42. The Morgan fingerprint density at radius 2 is 1.94 bits per heavy atom. The molecule has 1 atom stereocenters. The van der Waals surface area contributed by atoms with Crippen LogP contribution in [0.15, 0.2) is 48.6 Å². The quantitative estimate of drug-likeness (QED) is 0.470. The van der Waals surface area contributed by atoms with Crippen LogP contribution in [0.4, 0.5) is 5.82 Å². The molecule has 0 saturated heterocycles. The van der Waals surface area contributed by atoms with Crippen LogP contribution in [0.5, 0.6) is 0 Å². The molecule has 1 unspecified atom stereocenters. The number of unbranched alkanes of at least 4 members (excludes halogenated alkanes) is 2. The molecule has 4 rings (SSSR count). The zero-order valence-corrected chi connectivity index (χ0v) is 19.3. The van der Waals surface area contributed by atoms with Crippen LogP contribution in [0.3, 0.4) is 0 Å². The Labute approximate surface area is 189 Å². The molecule has 8 heteroatoms. The molecule has 170 valence electrons. The number of nitrogens with zero attached hydrogens (tertiary/aromatic N) is 3. The minimum atomic E-state index is -3.69. The number of pyridine rings is 1. The van der Waals surface area contributed by atoms with Gasteiger partial charge in [0.25, 0.3) is 0 Å². The molecule has 0 fully saturated rings. The van der Waals surface area contributed by atoms with Gasteiger partial charge in [-0.1, -0.05) is 55.8 Å². The number of allylic oxidation sites excluding steroid dienone is 3. The normalized spacial score (nSPS) is 18.7. The van der Waals surface area contributed by atoms with Crippen molar-refractivity contribution in [3.8, 4) is 0 Å². The van der Waals surface area contributed by atoms with Gasteiger partial charge < -0.3 is 10.3 Å². The van der Waals surface area contributed by atoms with Gasteiger partial charge in [-0.15, -0.1) is 0 Å². The molecule has 0 radical (unpaired) electrons. The van der Waals surface area contributed by atoms with Crippen molar-refractivity contribution in [3.63, 3.8) is 0 Å². The van der Waals surface area contributed by atoms with Crippen molar-refractivity contribution in [2.45, 2.75) is 63.2 Å². The number of rotatable bonds is 9. The fourth-order valence-corrected chi connectivity index (χ4v) is 5.57. The van der Waals surface area contributed by atoms with Gasteiger partial charge in [0.05, 0.1) is 11.0 Å². The summed E-state index contributed by atoms with van der Waals surface area (Å²) >= 11 is 0. The highest BCUT2D eigenvalue weighted by molar-refractivity contribution is 7.90. The van der Waals surface area contributed by atoms with Gasteiger partial charge in [0, 0.05) is 18.4 Å². The highest BCUT2D eigenvalue weighted by atomic mass is 32.2. The molecule has 0 amide bonds. The molecule has 0 saturated carbocycles. The van der Waals surface area contributed by atoms with Crippen LogP contribution >= 0.6 is 0 Å². The van der Waals surface area contributed by atoms with E-state index in [1.165, 1.54) is 0 Å². The van der Waals surface area contributed by atoms with E-state index in [4.69, 9.17) is 15.9 Å². The molecule has 1 aromatic carbocycles. The molecular weight excluding hydrogens is 422 g/mol. The Morgan fingerprint density at radius 3 is 2.66 bits per heavy atom. The number of nitrogen functional groups attached to an aromatic ring is 1. The molecule has 3 aromatic rings. The lowest BCUT2D eigenvalue weighted by Gasteiger charge is -2.28. The molecule has 2 heterocycles. The van der Waals surface area contributed by atoms with Gasteiger partial charge in [-0.05, 0) is 38.2 Å². The maximum absolute atomic E-state index is 12.3. The number of sulfonamides is 1. The van der Waals surface area contributed by atoms with Gasteiger partial charge in [-0.25, -0.2) is 23.5 Å². The highest BCUT2D eigenvalue weighted by Crippen LogP contribution is 2.33. The van der Waals surface area contributed by atoms with Crippen molar-refractivity contribution in [1.82, 2.24) is 14.5 Å². The van der Waals surface area contributed by atoms with E-state index in [0.717, 1.165) is 66.4 Å². The first-order chi connectivity index (χ1) is 15.4. The highest BCUT2D eigenvalue weighted by Gasteiger charge is 2.38. The number of hydrogen-bond acceptors (Lipinski definition) is 5. The fraction of sp³-hybridized carbons (Fsp3) is 0.417. The Hall–Kier alpha value is -2.71. The number of para-hydroxylation sites is 1. The van der Waals surface area contributed by atoms with Crippen molar-refractivity contribution in [2.24, 2.45) is 5.14 Å².